The number of aromatic nitrogens is 1. The molecule has 0 amide bonds. The monoisotopic (exact) mass is 210 g/mol. The van der Waals surface area contributed by atoms with E-state index in [1.807, 2.05) is 18.5 Å². The second-order valence-corrected chi connectivity index (χ2v) is 4.82. The summed E-state index contributed by atoms with van der Waals surface area (Å²) in [5.41, 5.74) is 2.42. The summed E-state index contributed by atoms with van der Waals surface area (Å²) in [7, 11) is 0. The van der Waals surface area contributed by atoms with E-state index in [-0.39, 0.29) is 5.41 Å². The number of rotatable bonds is 0. The molecule has 2 heterocycles. The molecule has 3 rings (SSSR count). The van der Waals surface area contributed by atoms with Crippen molar-refractivity contribution in [3.63, 3.8) is 0 Å². The standard InChI is InChI=1S/C14H14N2/c1-14(2)9-10-5-3-7-15-12(10)13-11(14)6-4-8-16-13/h3,5-9H,4H2,1-2H3. The van der Waals surface area contributed by atoms with Crippen molar-refractivity contribution in [3.05, 3.63) is 40.5 Å². The zero-order chi connectivity index (χ0) is 11.2. The van der Waals surface area contributed by atoms with Crippen molar-refractivity contribution in [1.29, 1.82) is 0 Å². The molecule has 1 aromatic heterocycles. The van der Waals surface area contributed by atoms with E-state index in [0.29, 0.717) is 0 Å². The summed E-state index contributed by atoms with van der Waals surface area (Å²) in [6.07, 6.45) is 9.26. The van der Waals surface area contributed by atoms with Gasteiger partial charge in [-0.2, -0.15) is 0 Å². The number of dihydropyridines is 1. The van der Waals surface area contributed by atoms with Crippen molar-refractivity contribution in [2.45, 2.75) is 20.3 Å². The maximum atomic E-state index is 4.53. The van der Waals surface area contributed by atoms with Crippen LogP contribution in [0.4, 0.5) is 0 Å². The molecule has 0 fully saturated rings. The Morgan fingerprint density at radius 2 is 2.19 bits per heavy atom. The predicted molar refractivity (Wildman–Crippen MR) is 66.3 cm³/mol. The minimum absolute atomic E-state index is 0.0587. The van der Waals surface area contributed by atoms with Crippen LogP contribution in [0.2, 0.25) is 0 Å². The fraction of sp³-hybridized carbons (Fsp3) is 0.286. The lowest BCUT2D eigenvalue weighted by Crippen LogP contribution is -2.38. The van der Waals surface area contributed by atoms with Gasteiger partial charge in [0.25, 0.3) is 0 Å². The molecular weight excluding hydrogens is 196 g/mol. The van der Waals surface area contributed by atoms with Crippen molar-refractivity contribution in [3.8, 4) is 0 Å². The third kappa shape index (κ3) is 1.26. The van der Waals surface area contributed by atoms with Crippen LogP contribution >= 0.6 is 0 Å². The Labute approximate surface area is 94.8 Å². The third-order valence-corrected chi connectivity index (χ3v) is 3.18. The first-order valence-electron chi connectivity index (χ1n) is 5.60. The number of allylic oxidation sites excluding steroid dienone is 1. The molecule has 0 spiro atoms. The molecule has 2 aliphatic rings. The second-order valence-electron chi connectivity index (χ2n) is 4.82. The Hall–Kier alpha value is -1.70. The quantitative estimate of drug-likeness (QED) is 0.635. The number of fused-ring (bicyclic) bond motifs is 2. The van der Waals surface area contributed by atoms with Gasteiger partial charge >= 0.3 is 0 Å². The third-order valence-electron chi connectivity index (χ3n) is 3.18. The van der Waals surface area contributed by atoms with E-state index in [4.69, 9.17) is 0 Å². The van der Waals surface area contributed by atoms with E-state index in [1.165, 1.54) is 10.8 Å². The van der Waals surface area contributed by atoms with Crippen molar-refractivity contribution in [2.24, 2.45) is 10.4 Å². The van der Waals surface area contributed by atoms with E-state index in [9.17, 15) is 0 Å². The van der Waals surface area contributed by atoms with Crippen LogP contribution in [0.5, 0.6) is 0 Å². The van der Waals surface area contributed by atoms with Gasteiger partial charge in [0.05, 0.1) is 11.0 Å². The zero-order valence-electron chi connectivity index (χ0n) is 9.57. The van der Waals surface area contributed by atoms with Crippen LogP contribution in [0, 0.1) is 5.41 Å². The number of hydrogen-bond donors (Lipinski definition) is 0. The van der Waals surface area contributed by atoms with Gasteiger partial charge in [-0.05, 0) is 16.9 Å². The van der Waals surface area contributed by atoms with Gasteiger partial charge in [0, 0.05) is 24.2 Å². The van der Waals surface area contributed by atoms with Gasteiger partial charge in [-0.1, -0.05) is 32.1 Å². The highest BCUT2D eigenvalue weighted by Gasteiger charge is 2.28. The summed E-state index contributed by atoms with van der Waals surface area (Å²) in [6, 6.07) is 4.09. The molecule has 0 unspecified atom stereocenters. The van der Waals surface area contributed by atoms with Gasteiger partial charge in [0.15, 0.2) is 0 Å². The second kappa shape index (κ2) is 3.14. The largest absolute Gasteiger partial charge is 0.258 e. The lowest BCUT2D eigenvalue weighted by atomic mass is 9.77. The molecule has 1 aliphatic heterocycles. The van der Waals surface area contributed by atoms with Crippen LogP contribution < -0.4 is 10.6 Å². The Morgan fingerprint density at radius 3 is 3.06 bits per heavy atom. The number of hydrogen-bond acceptors (Lipinski definition) is 2. The maximum absolute atomic E-state index is 4.53. The van der Waals surface area contributed by atoms with Crippen LogP contribution in [0.25, 0.3) is 11.8 Å². The molecule has 0 radical (unpaired) electrons. The van der Waals surface area contributed by atoms with Crippen LogP contribution in [0.1, 0.15) is 20.3 Å². The van der Waals surface area contributed by atoms with Crippen molar-refractivity contribution in [1.82, 2.24) is 4.98 Å². The molecule has 0 atom stereocenters. The van der Waals surface area contributed by atoms with Crippen molar-refractivity contribution < 1.29 is 0 Å². The topological polar surface area (TPSA) is 25.2 Å². The summed E-state index contributed by atoms with van der Waals surface area (Å²) in [5.74, 6) is 0. The SMILES string of the molecule is CC1(C)C=c2cccnc2=C2N=CCC=C21. The number of pyridine rings is 1. The molecule has 2 nitrogen and oxygen atoms in total. The lowest BCUT2D eigenvalue weighted by molar-refractivity contribution is 0.628. The lowest BCUT2D eigenvalue weighted by Gasteiger charge is -2.29. The van der Waals surface area contributed by atoms with Gasteiger partial charge in [-0.25, -0.2) is 0 Å². The minimum Gasteiger partial charge on any atom is -0.258 e. The van der Waals surface area contributed by atoms with E-state index in [2.05, 4.69) is 42.0 Å². The zero-order valence-corrected chi connectivity index (χ0v) is 9.57. The molecular formula is C14H14N2. The molecule has 80 valence electrons. The Kier molecular flexibility index (Phi) is 1.87. The molecule has 0 saturated carbocycles. The van der Waals surface area contributed by atoms with E-state index in [0.717, 1.165) is 17.5 Å². The van der Waals surface area contributed by atoms with Gasteiger partial charge in [0.2, 0.25) is 0 Å². The minimum atomic E-state index is 0.0587. The molecule has 2 heteroatoms. The summed E-state index contributed by atoms with van der Waals surface area (Å²) >= 11 is 0. The van der Waals surface area contributed by atoms with E-state index >= 15 is 0 Å². The van der Waals surface area contributed by atoms with Crippen molar-refractivity contribution in [2.75, 3.05) is 0 Å². The van der Waals surface area contributed by atoms with Gasteiger partial charge in [-0.3, -0.25) is 9.98 Å². The average molecular weight is 210 g/mol. The summed E-state index contributed by atoms with van der Waals surface area (Å²) in [4.78, 5) is 8.98. The Morgan fingerprint density at radius 1 is 1.31 bits per heavy atom. The smallest absolute Gasteiger partial charge is 0.0958 e. The first-order valence-corrected chi connectivity index (χ1v) is 5.60. The average Bonchev–Trinajstić information content (AvgIpc) is 2.29. The molecule has 0 saturated heterocycles. The Balaban J connectivity index is 2.47. The summed E-state index contributed by atoms with van der Waals surface area (Å²) < 4.78 is 0. The van der Waals surface area contributed by atoms with Crippen LogP contribution in [0.15, 0.2) is 35.0 Å². The fourth-order valence-corrected chi connectivity index (χ4v) is 2.44. The highest BCUT2D eigenvalue weighted by molar-refractivity contribution is 5.81. The first kappa shape index (κ1) is 9.52. The molecule has 1 aliphatic carbocycles. The molecule has 0 aromatic carbocycles. The van der Waals surface area contributed by atoms with E-state index in [1.54, 1.807) is 0 Å². The number of aliphatic imine (C=N–C) groups is 1. The summed E-state index contributed by atoms with van der Waals surface area (Å²) in [5, 5.41) is 2.21. The first-order chi connectivity index (χ1) is 7.68. The normalized spacial score (nSPS) is 20.6. The highest BCUT2D eigenvalue weighted by Crippen LogP contribution is 2.36. The summed E-state index contributed by atoms with van der Waals surface area (Å²) in [6.45, 7) is 4.46. The van der Waals surface area contributed by atoms with Crippen LogP contribution in [-0.4, -0.2) is 11.2 Å². The maximum Gasteiger partial charge on any atom is 0.0958 e. The Bertz CT molecular complexity index is 618. The molecule has 1 aromatic rings. The number of nitrogens with zero attached hydrogens (tertiary/aromatic N) is 2. The van der Waals surface area contributed by atoms with Crippen molar-refractivity contribution >= 4 is 18.0 Å². The molecule has 16 heavy (non-hydrogen) atoms. The van der Waals surface area contributed by atoms with Gasteiger partial charge < -0.3 is 0 Å². The van der Waals surface area contributed by atoms with E-state index < -0.39 is 0 Å². The highest BCUT2D eigenvalue weighted by atomic mass is 14.8. The predicted octanol–water partition coefficient (Wildman–Crippen LogP) is 1.41. The van der Waals surface area contributed by atoms with Gasteiger partial charge in [-0.15, -0.1) is 0 Å². The molecule has 0 N–H and O–H groups in total. The molecule has 0 bridgehead atoms. The van der Waals surface area contributed by atoms with Crippen LogP contribution in [-0.2, 0) is 0 Å². The van der Waals surface area contributed by atoms with Crippen LogP contribution in [0.3, 0.4) is 0 Å². The fourth-order valence-electron chi connectivity index (χ4n) is 2.44. The van der Waals surface area contributed by atoms with Gasteiger partial charge in [0.1, 0.15) is 0 Å².